The first kappa shape index (κ1) is 69.8. The lowest BCUT2D eigenvalue weighted by Gasteiger charge is -2.18. The summed E-state index contributed by atoms with van der Waals surface area (Å²) in [6.07, 6.45) is 85.0. The monoisotopic (exact) mass is 1020 g/mol. The van der Waals surface area contributed by atoms with E-state index in [1.807, 2.05) is 12.2 Å². The second-order valence-electron chi connectivity index (χ2n) is 19.9. The van der Waals surface area contributed by atoms with Crippen LogP contribution in [0.2, 0.25) is 0 Å². The number of hydrogen-bond donors (Lipinski definition) is 0. The van der Waals surface area contributed by atoms with Crippen molar-refractivity contribution in [2.24, 2.45) is 0 Å². The fourth-order valence-electron chi connectivity index (χ4n) is 8.12. The van der Waals surface area contributed by atoms with Crippen LogP contribution >= 0.6 is 0 Å². The lowest BCUT2D eigenvalue weighted by Crippen LogP contribution is -2.30. The Balaban J connectivity index is 4.42. The molecular weight excluding hydrogens is 913 g/mol. The standard InChI is InChI=1S/C68H112O6/c1-4-7-10-13-16-19-22-25-27-29-31-32-33-34-35-36-38-39-41-43-46-49-52-55-58-61-67(70)73-64-65(63-72-66(69)60-57-54-51-48-45-24-21-18-15-12-9-6-3)74-68(71)62-59-56-53-50-47-44-42-40-37-30-28-26-23-20-17-14-11-8-5-2/h8,11,17-18,20-22,25-26,28-29,31,33-34,37,40,44,47,53,56,65H,4-7,9-10,12-16,19,23-24,27,30,32,35-36,38-39,41-43,45-46,48-52,54-55,57-64H2,1-3H3/b11-8-,20-17-,21-18-,25-22-,28-26-,31-29-,34-33-,40-37-,47-44-,56-53-. The molecule has 0 aromatic heterocycles. The molecule has 6 nitrogen and oxygen atoms in total. The summed E-state index contributed by atoms with van der Waals surface area (Å²) in [7, 11) is 0. The van der Waals surface area contributed by atoms with Crippen molar-refractivity contribution >= 4 is 17.9 Å². The lowest BCUT2D eigenvalue weighted by molar-refractivity contribution is -0.166. The van der Waals surface area contributed by atoms with Crippen molar-refractivity contribution < 1.29 is 28.6 Å². The van der Waals surface area contributed by atoms with Crippen LogP contribution in [-0.2, 0) is 28.6 Å². The lowest BCUT2D eigenvalue weighted by atomic mass is 10.1. The Morgan fingerprint density at radius 3 is 0.919 bits per heavy atom. The Labute approximate surface area is 456 Å². The van der Waals surface area contributed by atoms with Gasteiger partial charge in [0.25, 0.3) is 0 Å². The van der Waals surface area contributed by atoms with Gasteiger partial charge in [0.05, 0.1) is 0 Å². The number of esters is 3. The molecule has 1 unspecified atom stereocenters. The van der Waals surface area contributed by atoms with Crippen LogP contribution < -0.4 is 0 Å². The van der Waals surface area contributed by atoms with Crippen molar-refractivity contribution in [3.8, 4) is 0 Å². The molecule has 0 fully saturated rings. The van der Waals surface area contributed by atoms with E-state index in [1.165, 1.54) is 122 Å². The van der Waals surface area contributed by atoms with Gasteiger partial charge >= 0.3 is 17.9 Å². The summed E-state index contributed by atoms with van der Waals surface area (Å²) in [4.78, 5) is 38.2. The number of hydrogen-bond acceptors (Lipinski definition) is 6. The van der Waals surface area contributed by atoms with E-state index < -0.39 is 12.1 Å². The Kier molecular flexibility index (Phi) is 57.9. The predicted octanol–water partition coefficient (Wildman–Crippen LogP) is 20.8. The number of allylic oxidation sites excluding steroid dienone is 20. The van der Waals surface area contributed by atoms with Crippen LogP contribution in [0.5, 0.6) is 0 Å². The first-order valence-electron chi connectivity index (χ1n) is 30.5. The zero-order valence-corrected chi connectivity index (χ0v) is 48.1. The summed E-state index contributed by atoms with van der Waals surface area (Å²) >= 11 is 0. The van der Waals surface area contributed by atoms with Gasteiger partial charge in [-0.05, 0) is 122 Å². The van der Waals surface area contributed by atoms with Crippen LogP contribution in [0, 0.1) is 0 Å². The summed E-state index contributed by atoms with van der Waals surface area (Å²) in [6.45, 7) is 6.42. The highest BCUT2D eigenvalue weighted by Crippen LogP contribution is 2.14. The maximum atomic E-state index is 12.8. The normalized spacial score (nSPS) is 13.0. The van der Waals surface area contributed by atoms with Crippen LogP contribution in [0.15, 0.2) is 122 Å². The molecule has 0 spiro atoms. The molecule has 74 heavy (non-hydrogen) atoms. The second-order valence-corrected chi connectivity index (χ2v) is 19.9. The van der Waals surface area contributed by atoms with Crippen LogP contribution in [0.3, 0.4) is 0 Å². The molecule has 0 rings (SSSR count). The fourth-order valence-corrected chi connectivity index (χ4v) is 8.12. The quantitative estimate of drug-likeness (QED) is 0.0261. The Hall–Kier alpha value is -4.19. The number of carbonyl (C=O) groups excluding carboxylic acids is 3. The molecule has 0 saturated carbocycles. The van der Waals surface area contributed by atoms with Crippen LogP contribution in [0.1, 0.15) is 271 Å². The summed E-state index contributed by atoms with van der Waals surface area (Å²) in [5.41, 5.74) is 0. The van der Waals surface area contributed by atoms with Crippen molar-refractivity contribution in [1.82, 2.24) is 0 Å². The van der Waals surface area contributed by atoms with Crippen LogP contribution in [0.4, 0.5) is 0 Å². The van der Waals surface area contributed by atoms with Gasteiger partial charge in [0, 0.05) is 19.3 Å². The number of rotatable bonds is 54. The molecule has 0 aromatic carbocycles. The maximum Gasteiger partial charge on any atom is 0.306 e. The average molecular weight is 1030 g/mol. The Bertz CT molecular complexity index is 1550. The number of ether oxygens (including phenoxy) is 3. The van der Waals surface area contributed by atoms with Crippen LogP contribution in [0.25, 0.3) is 0 Å². The molecule has 0 saturated heterocycles. The molecule has 0 aliphatic rings. The van der Waals surface area contributed by atoms with Gasteiger partial charge in [0.1, 0.15) is 13.2 Å². The zero-order valence-electron chi connectivity index (χ0n) is 48.1. The summed E-state index contributed by atoms with van der Waals surface area (Å²) in [6, 6.07) is 0. The minimum absolute atomic E-state index is 0.115. The van der Waals surface area contributed by atoms with E-state index >= 15 is 0 Å². The number of unbranched alkanes of at least 4 members (excludes halogenated alkanes) is 23. The van der Waals surface area contributed by atoms with Gasteiger partial charge in [-0.1, -0.05) is 251 Å². The molecular formula is C68H112O6. The van der Waals surface area contributed by atoms with E-state index in [0.717, 1.165) is 103 Å². The fraction of sp³-hybridized carbons (Fsp3) is 0.662. The second kappa shape index (κ2) is 61.4. The van der Waals surface area contributed by atoms with Crippen molar-refractivity contribution in [3.05, 3.63) is 122 Å². The van der Waals surface area contributed by atoms with Gasteiger partial charge in [0.15, 0.2) is 6.10 Å². The minimum atomic E-state index is -0.827. The molecule has 0 N–H and O–H groups in total. The van der Waals surface area contributed by atoms with Crippen molar-refractivity contribution in [2.45, 2.75) is 277 Å². The molecule has 0 heterocycles. The third-order valence-corrected chi connectivity index (χ3v) is 12.7. The Morgan fingerprint density at radius 2 is 0.554 bits per heavy atom. The Morgan fingerprint density at radius 1 is 0.284 bits per heavy atom. The SMILES string of the molecule is CC/C=C\C/C=C\C/C=C\C/C=C\C/C=C\C/C=C\CCC(=O)OC(COC(=O)CCCCCCC/C=C\CCCCC)COC(=O)CCCCCCCCCCCC/C=C\C/C=C\C/C=C\CCCCCCC. The molecule has 0 bridgehead atoms. The third-order valence-electron chi connectivity index (χ3n) is 12.7. The molecule has 0 radical (unpaired) electrons. The molecule has 0 aliphatic heterocycles. The minimum Gasteiger partial charge on any atom is -0.462 e. The first-order chi connectivity index (χ1) is 36.5. The molecule has 1 atom stereocenters. The largest absolute Gasteiger partial charge is 0.462 e. The van der Waals surface area contributed by atoms with Gasteiger partial charge in [-0.2, -0.15) is 0 Å². The molecule has 6 heteroatoms. The van der Waals surface area contributed by atoms with E-state index in [0.29, 0.717) is 19.3 Å². The van der Waals surface area contributed by atoms with Crippen LogP contribution in [-0.4, -0.2) is 37.2 Å². The van der Waals surface area contributed by atoms with Gasteiger partial charge < -0.3 is 14.2 Å². The molecule has 0 aliphatic carbocycles. The van der Waals surface area contributed by atoms with Gasteiger partial charge in [0.2, 0.25) is 0 Å². The topological polar surface area (TPSA) is 78.9 Å². The van der Waals surface area contributed by atoms with E-state index in [9.17, 15) is 14.4 Å². The highest BCUT2D eigenvalue weighted by atomic mass is 16.6. The summed E-state index contributed by atoms with van der Waals surface area (Å²) < 4.78 is 16.8. The van der Waals surface area contributed by atoms with E-state index in [4.69, 9.17) is 14.2 Å². The maximum absolute atomic E-state index is 12.8. The van der Waals surface area contributed by atoms with Gasteiger partial charge in [-0.15, -0.1) is 0 Å². The van der Waals surface area contributed by atoms with Crippen molar-refractivity contribution in [2.75, 3.05) is 13.2 Å². The molecule has 420 valence electrons. The van der Waals surface area contributed by atoms with Crippen molar-refractivity contribution in [1.29, 1.82) is 0 Å². The molecule has 0 amide bonds. The smallest absolute Gasteiger partial charge is 0.306 e. The van der Waals surface area contributed by atoms with Gasteiger partial charge in [-0.25, -0.2) is 0 Å². The average Bonchev–Trinajstić information content (AvgIpc) is 3.40. The number of carbonyl (C=O) groups is 3. The highest BCUT2D eigenvalue weighted by molar-refractivity contribution is 5.71. The van der Waals surface area contributed by atoms with E-state index in [2.05, 4.69) is 130 Å². The van der Waals surface area contributed by atoms with E-state index in [-0.39, 0.29) is 31.6 Å². The van der Waals surface area contributed by atoms with Crippen molar-refractivity contribution in [3.63, 3.8) is 0 Å². The molecule has 0 aromatic rings. The third kappa shape index (κ3) is 58.7. The first-order valence-corrected chi connectivity index (χ1v) is 30.5. The zero-order chi connectivity index (χ0) is 53.6. The van der Waals surface area contributed by atoms with E-state index in [1.54, 1.807) is 0 Å². The predicted molar refractivity (Wildman–Crippen MR) is 320 cm³/mol. The summed E-state index contributed by atoms with van der Waals surface area (Å²) in [5.74, 6) is -1.01. The van der Waals surface area contributed by atoms with Gasteiger partial charge in [-0.3, -0.25) is 14.4 Å². The highest BCUT2D eigenvalue weighted by Gasteiger charge is 2.19. The summed E-state index contributed by atoms with van der Waals surface area (Å²) in [5, 5.41) is 0.